The molecule has 2 aromatic carbocycles. The van der Waals surface area contributed by atoms with Gasteiger partial charge in [0, 0.05) is 25.4 Å². The zero-order valence-electron chi connectivity index (χ0n) is 17.6. The first kappa shape index (κ1) is 20.4. The van der Waals surface area contributed by atoms with Crippen LogP contribution >= 0.6 is 0 Å². The molecular weight excluding hydrogens is 407 g/mol. The average Bonchev–Trinajstić information content (AvgIpc) is 3.24. The van der Waals surface area contributed by atoms with Crippen LogP contribution in [0.5, 0.6) is 5.88 Å². The standard InChI is InChI=1S/C24H25FN6O/c25-18-7-5-16(6-8-18)15-31-12-10-17(14-27-24-26-11-9-22(32)30-24)13-21(31)23-28-19-3-1-2-4-20(19)29-23/h1-9,11,17,21H,10,12-15H2,(H,28,29)(H2,26,27,30,32). The number of hydrogen-bond donors (Lipinski definition) is 3. The van der Waals surface area contributed by atoms with Gasteiger partial charge < -0.3 is 15.4 Å². The van der Waals surface area contributed by atoms with E-state index in [4.69, 9.17) is 4.98 Å². The van der Waals surface area contributed by atoms with Crippen molar-refractivity contribution in [3.63, 3.8) is 0 Å². The van der Waals surface area contributed by atoms with Gasteiger partial charge in [0.2, 0.25) is 11.8 Å². The molecule has 2 atom stereocenters. The van der Waals surface area contributed by atoms with Gasteiger partial charge in [0.15, 0.2) is 0 Å². The predicted molar refractivity (Wildman–Crippen MR) is 121 cm³/mol. The molecule has 0 spiro atoms. The van der Waals surface area contributed by atoms with Crippen LogP contribution in [-0.4, -0.2) is 43.0 Å². The summed E-state index contributed by atoms with van der Waals surface area (Å²) < 4.78 is 13.4. The number of nitrogens with one attached hydrogen (secondary N) is 2. The fourth-order valence-corrected chi connectivity index (χ4v) is 4.37. The zero-order chi connectivity index (χ0) is 21.9. The summed E-state index contributed by atoms with van der Waals surface area (Å²) in [5.41, 5.74) is 3.06. The highest BCUT2D eigenvalue weighted by Crippen LogP contribution is 2.35. The van der Waals surface area contributed by atoms with Gasteiger partial charge in [-0.3, -0.25) is 4.90 Å². The van der Waals surface area contributed by atoms with Crippen LogP contribution < -0.4 is 5.32 Å². The molecule has 164 valence electrons. The topological polar surface area (TPSA) is 90.0 Å². The summed E-state index contributed by atoms with van der Waals surface area (Å²) in [7, 11) is 0. The minimum atomic E-state index is -0.221. The van der Waals surface area contributed by atoms with E-state index >= 15 is 0 Å². The molecule has 32 heavy (non-hydrogen) atoms. The molecule has 8 heteroatoms. The molecule has 0 aliphatic carbocycles. The number of aromatic nitrogens is 4. The van der Waals surface area contributed by atoms with E-state index in [9.17, 15) is 9.50 Å². The van der Waals surface area contributed by atoms with Crippen LogP contribution in [0.25, 0.3) is 11.0 Å². The van der Waals surface area contributed by atoms with Crippen molar-refractivity contribution in [1.29, 1.82) is 0 Å². The van der Waals surface area contributed by atoms with Crippen LogP contribution in [0.3, 0.4) is 0 Å². The highest BCUT2D eigenvalue weighted by Gasteiger charge is 2.31. The van der Waals surface area contributed by atoms with Crippen LogP contribution in [0.2, 0.25) is 0 Å². The van der Waals surface area contributed by atoms with Gasteiger partial charge in [-0.15, -0.1) is 0 Å². The third-order valence-electron chi connectivity index (χ3n) is 6.03. The van der Waals surface area contributed by atoms with Crippen LogP contribution in [0.1, 0.15) is 30.3 Å². The van der Waals surface area contributed by atoms with Crippen molar-refractivity contribution >= 4 is 17.0 Å². The number of aromatic hydroxyl groups is 1. The van der Waals surface area contributed by atoms with E-state index in [0.29, 0.717) is 18.4 Å². The Labute approximate surface area is 185 Å². The van der Waals surface area contributed by atoms with Crippen molar-refractivity contribution in [3.8, 4) is 5.88 Å². The summed E-state index contributed by atoms with van der Waals surface area (Å²) in [6, 6.07) is 16.3. The zero-order valence-corrected chi connectivity index (χ0v) is 17.6. The molecular formula is C24H25FN6O. The number of aromatic amines is 1. The second kappa shape index (κ2) is 8.92. The Balaban J connectivity index is 1.35. The molecule has 0 radical (unpaired) electrons. The van der Waals surface area contributed by atoms with Crippen molar-refractivity contribution in [3.05, 3.63) is 78.0 Å². The largest absolute Gasteiger partial charge is 0.493 e. The predicted octanol–water partition coefficient (Wildman–Crippen LogP) is 4.26. The Morgan fingerprint density at radius 3 is 2.75 bits per heavy atom. The van der Waals surface area contributed by atoms with Gasteiger partial charge in [-0.1, -0.05) is 24.3 Å². The van der Waals surface area contributed by atoms with Crippen molar-refractivity contribution < 1.29 is 9.50 Å². The summed E-state index contributed by atoms with van der Waals surface area (Å²) in [5.74, 6) is 1.51. The summed E-state index contributed by atoms with van der Waals surface area (Å²) in [4.78, 5) is 19.0. The molecule has 1 fully saturated rings. The molecule has 5 rings (SSSR count). The first-order chi connectivity index (χ1) is 15.6. The number of fused-ring (bicyclic) bond motifs is 1. The van der Waals surface area contributed by atoms with Gasteiger partial charge in [0.05, 0.1) is 17.1 Å². The highest BCUT2D eigenvalue weighted by atomic mass is 19.1. The molecule has 3 heterocycles. The number of benzene rings is 2. The Hall–Kier alpha value is -3.52. The summed E-state index contributed by atoms with van der Waals surface area (Å²) in [5, 5.41) is 12.8. The van der Waals surface area contributed by atoms with Crippen LogP contribution in [0.4, 0.5) is 10.3 Å². The van der Waals surface area contributed by atoms with Crippen molar-refractivity contribution in [2.24, 2.45) is 5.92 Å². The number of hydrogen-bond acceptors (Lipinski definition) is 6. The molecule has 1 aliphatic rings. The van der Waals surface area contributed by atoms with E-state index in [0.717, 1.165) is 48.4 Å². The van der Waals surface area contributed by atoms with Crippen LogP contribution in [-0.2, 0) is 6.54 Å². The lowest BCUT2D eigenvalue weighted by molar-refractivity contribution is 0.103. The average molecular weight is 433 g/mol. The summed E-state index contributed by atoms with van der Waals surface area (Å²) in [6.45, 7) is 2.34. The second-order valence-electron chi connectivity index (χ2n) is 8.26. The van der Waals surface area contributed by atoms with Gasteiger partial charge in [0.1, 0.15) is 11.6 Å². The Morgan fingerprint density at radius 2 is 1.94 bits per heavy atom. The van der Waals surface area contributed by atoms with Gasteiger partial charge in [-0.25, -0.2) is 14.4 Å². The van der Waals surface area contributed by atoms with E-state index in [1.807, 2.05) is 36.4 Å². The first-order valence-corrected chi connectivity index (χ1v) is 10.8. The molecule has 2 aromatic heterocycles. The molecule has 1 saturated heterocycles. The summed E-state index contributed by atoms with van der Waals surface area (Å²) >= 11 is 0. The third kappa shape index (κ3) is 4.55. The molecule has 0 amide bonds. The van der Waals surface area contributed by atoms with Crippen LogP contribution in [0, 0.1) is 11.7 Å². The maximum atomic E-state index is 13.4. The van der Waals surface area contributed by atoms with Gasteiger partial charge in [-0.2, -0.15) is 4.98 Å². The van der Waals surface area contributed by atoms with Crippen molar-refractivity contribution in [2.45, 2.75) is 25.4 Å². The van der Waals surface area contributed by atoms with E-state index in [-0.39, 0.29) is 17.7 Å². The van der Waals surface area contributed by atoms with Gasteiger partial charge in [0.25, 0.3) is 0 Å². The third-order valence-corrected chi connectivity index (χ3v) is 6.03. The number of nitrogens with zero attached hydrogens (tertiary/aromatic N) is 4. The van der Waals surface area contributed by atoms with E-state index in [2.05, 4.69) is 25.2 Å². The van der Waals surface area contributed by atoms with Crippen molar-refractivity contribution in [2.75, 3.05) is 18.4 Å². The fraction of sp³-hybridized carbons (Fsp3) is 0.292. The minimum Gasteiger partial charge on any atom is -0.493 e. The Kier molecular flexibility index (Phi) is 5.68. The lowest BCUT2D eigenvalue weighted by Crippen LogP contribution is -2.38. The van der Waals surface area contributed by atoms with E-state index in [1.165, 1.54) is 24.4 Å². The lowest BCUT2D eigenvalue weighted by atomic mass is 9.90. The van der Waals surface area contributed by atoms with Crippen LogP contribution in [0.15, 0.2) is 60.8 Å². The molecule has 3 N–H and O–H groups in total. The van der Waals surface area contributed by atoms with E-state index < -0.39 is 0 Å². The number of rotatable bonds is 6. The van der Waals surface area contributed by atoms with Gasteiger partial charge in [-0.05, 0) is 55.1 Å². The van der Waals surface area contributed by atoms with E-state index in [1.54, 1.807) is 0 Å². The molecule has 0 bridgehead atoms. The maximum Gasteiger partial charge on any atom is 0.225 e. The summed E-state index contributed by atoms with van der Waals surface area (Å²) in [6.07, 6.45) is 3.45. The van der Waals surface area contributed by atoms with Gasteiger partial charge >= 0.3 is 0 Å². The molecule has 7 nitrogen and oxygen atoms in total. The fourth-order valence-electron chi connectivity index (χ4n) is 4.37. The first-order valence-electron chi connectivity index (χ1n) is 10.8. The Morgan fingerprint density at radius 1 is 1.09 bits per heavy atom. The normalized spacial score (nSPS) is 19.3. The Bertz CT molecular complexity index is 1160. The quantitative estimate of drug-likeness (QED) is 0.422. The van der Waals surface area contributed by atoms with Crippen molar-refractivity contribution in [1.82, 2.24) is 24.8 Å². The maximum absolute atomic E-state index is 13.4. The number of H-pyrrole nitrogens is 1. The number of likely N-dealkylation sites (tertiary alicyclic amines) is 1. The SMILES string of the molecule is Oc1ccnc(NCC2CCN(Cc3ccc(F)cc3)C(c3nc4ccccc4[nH]3)C2)n1. The monoisotopic (exact) mass is 432 g/mol. The minimum absolute atomic E-state index is 0.0447. The second-order valence-corrected chi connectivity index (χ2v) is 8.26. The molecule has 4 aromatic rings. The molecule has 1 aliphatic heterocycles. The number of halogens is 1. The smallest absolute Gasteiger partial charge is 0.225 e. The number of imidazole rings is 1. The molecule has 2 unspecified atom stereocenters. The number of anilines is 1. The number of para-hydroxylation sites is 2. The lowest BCUT2D eigenvalue weighted by Gasteiger charge is -2.38. The highest BCUT2D eigenvalue weighted by molar-refractivity contribution is 5.74. The molecule has 0 saturated carbocycles. The number of piperidine rings is 1.